The molecule has 0 radical (unpaired) electrons. The minimum atomic E-state index is -0.600. The summed E-state index contributed by atoms with van der Waals surface area (Å²) in [6.07, 6.45) is 0. The van der Waals surface area contributed by atoms with Crippen molar-refractivity contribution in [2.24, 2.45) is 5.73 Å². The first kappa shape index (κ1) is 13.8. The number of hydrogen-bond donors (Lipinski definition) is 2. The summed E-state index contributed by atoms with van der Waals surface area (Å²) in [6.45, 7) is 1.74. The van der Waals surface area contributed by atoms with Crippen LogP contribution in [0.2, 0.25) is 0 Å². The zero-order valence-electron chi connectivity index (χ0n) is 11.8. The van der Waals surface area contributed by atoms with E-state index in [4.69, 9.17) is 10.2 Å². The van der Waals surface area contributed by atoms with Crippen molar-refractivity contribution in [1.82, 2.24) is 4.98 Å². The highest BCUT2D eigenvalue weighted by Crippen LogP contribution is 2.19. The van der Waals surface area contributed by atoms with Crippen molar-refractivity contribution in [2.45, 2.75) is 6.92 Å². The summed E-state index contributed by atoms with van der Waals surface area (Å²) in [5.41, 5.74) is 7.55. The van der Waals surface area contributed by atoms with Crippen LogP contribution in [0.15, 0.2) is 46.9 Å². The molecule has 0 spiro atoms. The molecule has 110 valence electrons. The van der Waals surface area contributed by atoms with E-state index in [-0.39, 0.29) is 11.5 Å². The third-order valence-corrected chi connectivity index (χ3v) is 3.20. The third kappa shape index (κ3) is 2.54. The van der Waals surface area contributed by atoms with Gasteiger partial charge in [-0.05, 0) is 30.3 Å². The van der Waals surface area contributed by atoms with Crippen molar-refractivity contribution >= 4 is 28.6 Å². The molecular weight excluding hydrogens is 282 g/mol. The van der Waals surface area contributed by atoms with E-state index in [0.29, 0.717) is 28.2 Å². The van der Waals surface area contributed by atoms with Gasteiger partial charge in [-0.25, -0.2) is 4.98 Å². The van der Waals surface area contributed by atoms with E-state index in [2.05, 4.69) is 10.3 Å². The molecule has 6 nitrogen and oxygen atoms in total. The predicted octanol–water partition coefficient (Wildman–Crippen LogP) is 2.49. The molecule has 0 aliphatic heterocycles. The van der Waals surface area contributed by atoms with Crippen LogP contribution in [0.1, 0.15) is 26.6 Å². The number of nitrogens with zero attached hydrogens (tertiary/aromatic N) is 1. The van der Waals surface area contributed by atoms with Crippen LogP contribution >= 0.6 is 0 Å². The van der Waals surface area contributed by atoms with E-state index >= 15 is 0 Å². The summed E-state index contributed by atoms with van der Waals surface area (Å²) in [6, 6.07) is 11.5. The van der Waals surface area contributed by atoms with Crippen LogP contribution in [0, 0.1) is 6.92 Å². The average Bonchev–Trinajstić information content (AvgIpc) is 2.86. The highest BCUT2D eigenvalue weighted by atomic mass is 16.3. The smallest absolute Gasteiger partial charge is 0.255 e. The zero-order chi connectivity index (χ0) is 15.7. The summed E-state index contributed by atoms with van der Waals surface area (Å²) in [5, 5.41) is 2.68. The summed E-state index contributed by atoms with van der Waals surface area (Å²) in [7, 11) is 0. The van der Waals surface area contributed by atoms with Crippen LogP contribution in [-0.2, 0) is 0 Å². The number of carbonyl (C=O) groups is 2. The SMILES string of the molecule is Cc1nc2ccc(C(=O)Nc3ccccc3C(N)=O)cc2o1. The maximum absolute atomic E-state index is 12.3. The number of nitrogens with one attached hydrogen (secondary N) is 1. The lowest BCUT2D eigenvalue weighted by atomic mass is 10.1. The fourth-order valence-electron chi connectivity index (χ4n) is 2.18. The van der Waals surface area contributed by atoms with E-state index in [9.17, 15) is 9.59 Å². The fraction of sp³-hybridized carbons (Fsp3) is 0.0625. The zero-order valence-corrected chi connectivity index (χ0v) is 11.8. The number of carbonyl (C=O) groups excluding carboxylic acids is 2. The molecule has 0 aliphatic carbocycles. The molecule has 0 bridgehead atoms. The van der Waals surface area contributed by atoms with Gasteiger partial charge in [0.25, 0.3) is 11.8 Å². The first-order valence-electron chi connectivity index (χ1n) is 6.62. The van der Waals surface area contributed by atoms with Crippen molar-refractivity contribution in [3.8, 4) is 0 Å². The molecule has 0 saturated carbocycles. The Hall–Kier alpha value is -3.15. The largest absolute Gasteiger partial charge is 0.441 e. The molecule has 0 aliphatic rings. The van der Waals surface area contributed by atoms with Gasteiger partial charge in [0.05, 0.1) is 11.3 Å². The molecule has 2 amide bonds. The topological polar surface area (TPSA) is 98.2 Å². The van der Waals surface area contributed by atoms with Gasteiger partial charge < -0.3 is 15.5 Å². The number of amides is 2. The number of nitrogens with two attached hydrogens (primary N) is 1. The van der Waals surface area contributed by atoms with Crippen molar-refractivity contribution in [3.05, 3.63) is 59.5 Å². The molecule has 1 aromatic heterocycles. The van der Waals surface area contributed by atoms with Crippen LogP contribution in [-0.4, -0.2) is 16.8 Å². The van der Waals surface area contributed by atoms with Crippen LogP contribution in [0.25, 0.3) is 11.1 Å². The summed E-state index contributed by atoms with van der Waals surface area (Å²) in [4.78, 5) is 27.9. The molecule has 0 atom stereocenters. The Balaban J connectivity index is 1.91. The highest BCUT2D eigenvalue weighted by Gasteiger charge is 2.13. The lowest BCUT2D eigenvalue weighted by Gasteiger charge is -2.08. The van der Waals surface area contributed by atoms with E-state index in [1.807, 2.05) is 0 Å². The lowest BCUT2D eigenvalue weighted by molar-refractivity contribution is 0.100. The standard InChI is InChI=1S/C16H13N3O3/c1-9-18-13-7-6-10(8-14(13)22-9)16(21)19-12-5-3-2-4-11(12)15(17)20/h2-8H,1H3,(H2,17,20)(H,19,21). The molecule has 3 rings (SSSR count). The number of anilines is 1. The van der Waals surface area contributed by atoms with Gasteiger partial charge in [-0.3, -0.25) is 9.59 Å². The Labute approximate surface area is 125 Å². The van der Waals surface area contributed by atoms with Gasteiger partial charge in [0.1, 0.15) is 5.52 Å². The minimum absolute atomic E-state index is 0.257. The molecule has 1 heterocycles. The van der Waals surface area contributed by atoms with E-state index < -0.39 is 5.91 Å². The molecule has 0 fully saturated rings. The van der Waals surface area contributed by atoms with Gasteiger partial charge >= 0.3 is 0 Å². The molecule has 0 saturated heterocycles. The van der Waals surface area contributed by atoms with E-state index in [1.165, 1.54) is 0 Å². The van der Waals surface area contributed by atoms with Gasteiger partial charge in [-0.1, -0.05) is 12.1 Å². The minimum Gasteiger partial charge on any atom is -0.441 e. The number of aromatic nitrogens is 1. The first-order chi connectivity index (χ1) is 10.5. The fourth-order valence-corrected chi connectivity index (χ4v) is 2.18. The molecule has 0 unspecified atom stereocenters. The quantitative estimate of drug-likeness (QED) is 0.775. The summed E-state index contributed by atoms with van der Waals surface area (Å²) in [5.74, 6) is -0.423. The number of aryl methyl sites for hydroxylation is 1. The Morgan fingerprint density at radius 1 is 1.18 bits per heavy atom. The second-order valence-corrected chi connectivity index (χ2v) is 4.78. The van der Waals surface area contributed by atoms with E-state index in [1.54, 1.807) is 49.4 Å². The van der Waals surface area contributed by atoms with Gasteiger partial charge in [-0.15, -0.1) is 0 Å². The second kappa shape index (κ2) is 5.33. The average molecular weight is 295 g/mol. The van der Waals surface area contributed by atoms with Gasteiger partial charge in [0.2, 0.25) is 0 Å². The van der Waals surface area contributed by atoms with Crippen LogP contribution in [0.4, 0.5) is 5.69 Å². The molecular formula is C16H13N3O3. The normalized spacial score (nSPS) is 10.6. The van der Waals surface area contributed by atoms with Gasteiger partial charge in [0.15, 0.2) is 11.5 Å². The predicted molar refractivity (Wildman–Crippen MR) is 81.7 cm³/mol. The first-order valence-corrected chi connectivity index (χ1v) is 6.62. The molecule has 3 aromatic rings. The number of para-hydroxylation sites is 1. The Morgan fingerprint density at radius 2 is 1.95 bits per heavy atom. The van der Waals surface area contributed by atoms with Gasteiger partial charge in [-0.2, -0.15) is 0 Å². The van der Waals surface area contributed by atoms with Crippen LogP contribution in [0.5, 0.6) is 0 Å². The van der Waals surface area contributed by atoms with E-state index in [0.717, 1.165) is 0 Å². The second-order valence-electron chi connectivity index (χ2n) is 4.78. The van der Waals surface area contributed by atoms with Crippen molar-refractivity contribution in [1.29, 1.82) is 0 Å². The number of oxazole rings is 1. The number of rotatable bonds is 3. The lowest BCUT2D eigenvalue weighted by Crippen LogP contribution is -2.18. The summed E-state index contributed by atoms with van der Waals surface area (Å²) < 4.78 is 5.41. The van der Waals surface area contributed by atoms with Crippen molar-refractivity contribution < 1.29 is 14.0 Å². The number of hydrogen-bond acceptors (Lipinski definition) is 4. The maximum atomic E-state index is 12.3. The van der Waals surface area contributed by atoms with Crippen molar-refractivity contribution in [2.75, 3.05) is 5.32 Å². The summed E-state index contributed by atoms with van der Waals surface area (Å²) >= 11 is 0. The maximum Gasteiger partial charge on any atom is 0.255 e. The molecule has 6 heteroatoms. The Kier molecular flexibility index (Phi) is 3.34. The Morgan fingerprint density at radius 3 is 2.73 bits per heavy atom. The van der Waals surface area contributed by atoms with Crippen LogP contribution < -0.4 is 11.1 Å². The molecule has 22 heavy (non-hydrogen) atoms. The number of primary amides is 1. The Bertz CT molecular complexity index is 883. The highest BCUT2D eigenvalue weighted by molar-refractivity contribution is 6.09. The number of fused-ring (bicyclic) bond motifs is 1. The number of benzene rings is 2. The van der Waals surface area contributed by atoms with Crippen LogP contribution in [0.3, 0.4) is 0 Å². The monoisotopic (exact) mass is 295 g/mol. The molecule has 2 aromatic carbocycles. The molecule has 3 N–H and O–H groups in total. The van der Waals surface area contributed by atoms with Gasteiger partial charge in [0, 0.05) is 12.5 Å². The third-order valence-electron chi connectivity index (χ3n) is 3.20. The van der Waals surface area contributed by atoms with Crippen molar-refractivity contribution in [3.63, 3.8) is 0 Å².